The Bertz CT molecular complexity index is 519. The van der Waals surface area contributed by atoms with E-state index < -0.39 is 0 Å². The minimum absolute atomic E-state index is 0.212. The zero-order chi connectivity index (χ0) is 14.9. The number of hydrogen-bond acceptors (Lipinski definition) is 2. The van der Waals surface area contributed by atoms with Crippen LogP contribution in [0.3, 0.4) is 0 Å². The van der Waals surface area contributed by atoms with Crippen molar-refractivity contribution < 1.29 is 9.13 Å². The maximum atomic E-state index is 12.8. The molecule has 0 atom stereocenters. The highest BCUT2D eigenvalue weighted by Gasteiger charge is 2.19. The van der Waals surface area contributed by atoms with E-state index in [2.05, 4.69) is 6.08 Å². The topological polar surface area (TPSA) is 33.0 Å². The maximum Gasteiger partial charge on any atom is 0.123 e. The SMILES string of the molecule is N#C/C=C/C=C/[C@H]1CC[C@H](OCc2ccc(F)cc2)CC1. The predicted octanol–water partition coefficient (Wildman–Crippen LogP) is 4.54. The van der Waals surface area contributed by atoms with Crippen molar-refractivity contribution in [2.75, 3.05) is 0 Å². The lowest BCUT2D eigenvalue weighted by atomic mass is 9.87. The quantitative estimate of drug-likeness (QED) is 0.588. The molecule has 0 saturated heterocycles. The molecule has 3 heteroatoms. The number of benzene rings is 1. The molecule has 0 spiro atoms. The molecule has 1 aliphatic rings. The van der Waals surface area contributed by atoms with Gasteiger partial charge in [0.15, 0.2) is 0 Å². The van der Waals surface area contributed by atoms with Gasteiger partial charge in [-0.2, -0.15) is 5.26 Å². The summed E-state index contributed by atoms with van der Waals surface area (Å²) < 4.78 is 18.7. The second kappa shape index (κ2) is 8.39. The minimum atomic E-state index is -0.212. The van der Waals surface area contributed by atoms with Crippen LogP contribution >= 0.6 is 0 Å². The van der Waals surface area contributed by atoms with Crippen molar-refractivity contribution >= 4 is 0 Å². The Kier molecular flexibility index (Phi) is 6.18. The third kappa shape index (κ3) is 5.53. The smallest absolute Gasteiger partial charge is 0.123 e. The third-order valence-electron chi connectivity index (χ3n) is 3.78. The van der Waals surface area contributed by atoms with Crippen molar-refractivity contribution in [3.63, 3.8) is 0 Å². The van der Waals surface area contributed by atoms with Crippen LogP contribution in [0, 0.1) is 23.1 Å². The second-order valence-corrected chi connectivity index (χ2v) is 5.35. The van der Waals surface area contributed by atoms with E-state index in [0.717, 1.165) is 31.2 Å². The zero-order valence-corrected chi connectivity index (χ0v) is 12.0. The first kappa shape index (κ1) is 15.5. The molecular formula is C18H20FNO. The van der Waals surface area contributed by atoms with Gasteiger partial charge in [0.05, 0.1) is 18.8 Å². The van der Waals surface area contributed by atoms with Gasteiger partial charge >= 0.3 is 0 Å². The summed E-state index contributed by atoms with van der Waals surface area (Å²) in [5, 5.41) is 8.40. The molecule has 2 rings (SSSR count). The van der Waals surface area contributed by atoms with Crippen LogP contribution in [0.5, 0.6) is 0 Å². The van der Waals surface area contributed by atoms with E-state index in [4.69, 9.17) is 10.00 Å². The summed E-state index contributed by atoms with van der Waals surface area (Å²) >= 11 is 0. The molecule has 0 aromatic heterocycles. The number of halogens is 1. The third-order valence-corrected chi connectivity index (χ3v) is 3.78. The fraction of sp³-hybridized carbons (Fsp3) is 0.389. The zero-order valence-electron chi connectivity index (χ0n) is 12.0. The van der Waals surface area contributed by atoms with Gasteiger partial charge in [-0.3, -0.25) is 0 Å². The summed E-state index contributed by atoms with van der Waals surface area (Å²) in [5.74, 6) is 0.371. The average Bonchev–Trinajstić information content (AvgIpc) is 2.52. The lowest BCUT2D eigenvalue weighted by Gasteiger charge is -2.26. The molecule has 2 nitrogen and oxygen atoms in total. The van der Waals surface area contributed by atoms with Crippen molar-refractivity contribution in [1.29, 1.82) is 5.26 Å². The molecule has 1 fully saturated rings. The fourth-order valence-corrected chi connectivity index (χ4v) is 2.56. The standard InChI is InChI=1S/C18H20FNO/c19-17-9-5-16(6-10-17)14-21-18-11-7-15(8-12-18)4-2-1-3-13-20/h1-6,9-10,15,18H,7-8,11-12,14H2/b3-1+,4-2+/t15-,18-. The van der Waals surface area contributed by atoms with Gasteiger partial charge in [0, 0.05) is 6.08 Å². The normalized spacial score (nSPS) is 22.7. The molecule has 0 unspecified atom stereocenters. The predicted molar refractivity (Wildman–Crippen MR) is 80.8 cm³/mol. The molecule has 1 aliphatic carbocycles. The Morgan fingerprint density at radius 3 is 2.52 bits per heavy atom. The Hall–Kier alpha value is -1.92. The van der Waals surface area contributed by atoms with Gasteiger partial charge in [0.1, 0.15) is 5.82 Å². The van der Waals surface area contributed by atoms with Crippen LogP contribution in [0.1, 0.15) is 31.2 Å². The molecule has 0 amide bonds. The van der Waals surface area contributed by atoms with Gasteiger partial charge in [-0.05, 0) is 49.3 Å². The lowest BCUT2D eigenvalue weighted by Crippen LogP contribution is -2.20. The highest BCUT2D eigenvalue weighted by atomic mass is 19.1. The fourth-order valence-electron chi connectivity index (χ4n) is 2.56. The van der Waals surface area contributed by atoms with Gasteiger partial charge in [-0.15, -0.1) is 0 Å². The highest BCUT2D eigenvalue weighted by molar-refractivity contribution is 5.15. The summed E-state index contributed by atoms with van der Waals surface area (Å²) in [5.41, 5.74) is 1.01. The number of ether oxygens (including phenoxy) is 1. The van der Waals surface area contributed by atoms with Gasteiger partial charge in [0.2, 0.25) is 0 Å². The van der Waals surface area contributed by atoms with Crippen molar-refractivity contribution in [3.05, 3.63) is 60.0 Å². The molecule has 0 heterocycles. The van der Waals surface area contributed by atoms with Gasteiger partial charge in [-0.25, -0.2) is 4.39 Å². The van der Waals surface area contributed by atoms with Crippen LogP contribution in [0.15, 0.2) is 48.6 Å². The number of hydrogen-bond donors (Lipinski definition) is 0. The Morgan fingerprint density at radius 1 is 1.14 bits per heavy atom. The lowest BCUT2D eigenvalue weighted by molar-refractivity contribution is 0.0110. The molecule has 0 bridgehead atoms. The molecule has 110 valence electrons. The van der Waals surface area contributed by atoms with E-state index in [1.54, 1.807) is 18.2 Å². The van der Waals surface area contributed by atoms with Crippen LogP contribution in [0.2, 0.25) is 0 Å². The Morgan fingerprint density at radius 2 is 1.86 bits per heavy atom. The molecule has 0 radical (unpaired) electrons. The monoisotopic (exact) mass is 285 g/mol. The molecule has 0 aliphatic heterocycles. The first-order valence-corrected chi connectivity index (χ1v) is 7.37. The number of rotatable bonds is 5. The summed E-state index contributed by atoms with van der Waals surface area (Å²) in [6.45, 7) is 0.552. The van der Waals surface area contributed by atoms with E-state index in [-0.39, 0.29) is 5.82 Å². The molecule has 1 aromatic rings. The average molecular weight is 285 g/mol. The van der Waals surface area contributed by atoms with Crippen molar-refractivity contribution in [2.45, 2.75) is 38.4 Å². The highest BCUT2D eigenvalue weighted by Crippen LogP contribution is 2.27. The van der Waals surface area contributed by atoms with Crippen LogP contribution in [-0.4, -0.2) is 6.10 Å². The Labute approximate surface area is 125 Å². The molecule has 0 N–H and O–H groups in total. The largest absolute Gasteiger partial charge is 0.374 e. The van der Waals surface area contributed by atoms with E-state index >= 15 is 0 Å². The van der Waals surface area contributed by atoms with E-state index in [1.165, 1.54) is 18.2 Å². The van der Waals surface area contributed by atoms with Crippen molar-refractivity contribution in [3.8, 4) is 6.07 Å². The molecule has 1 aromatic carbocycles. The summed E-state index contributed by atoms with van der Waals surface area (Å²) in [6.07, 6.45) is 12.0. The first-order chi connectivity index (χ1) is 10.3. The Balaban J connectivity index is 1.69. The van der Waals surface area contributed by atoms with Crippen LogP contribution < -0.4 is 0 Å². The van der Waals surface area contributed by atoms with E-state index in [0.29, 0.717) is 18.6 Å². The molecular weight excluding hydrogens is 265 g/mol. The van der Waals surface area contributed by atoms with Gasteiger partial charge in [0.25, 0.3) is 0 Å². The van der Waals surface area contributed by atoms with E-state index in [9.17, 15) is 4.39 Å². The number of allylic oxidation sites excluding steroid dienone is 4. The maximum absolute atomic E-state index is 12.8. The molecule has 1 saturated carbocycles. The van der Waals surface area contributed by atoms with Gasteiger partial charge < -0.3 is 4.74 Å². The number of nitriles is 1. The summed E-state index contributed by atoms with van der Waals surface area (Å²) in [4.78, 5) is 0. The summed E-state index contributed by atoms with van der Waals surface area (Å²) in [6, 6.07) is 8.45. The second-order valence-electron chi connectivity index (χ2n) is 5.35. The first-order valence-electron chi connectivity index (χ1n) is 7.37. The summed E-state index contributed by atoms with van der Waals surface area (Å²) in [7, 11) is 0. The number of nitrogens with zero attached hydrogens (tertiary/aromatic N) is 1. The van der Waals surface area contributed by atoms with Crippen LogP contribution in [-0.2, 0) is 11.3 Å². The van der Waals surface area contributed by atoms with Crippen LogP contribution in [0.4, 0.5) is 4.39 Å². The van der Waals surface area contributed by atoms with E-state index in [1.807, 2.05) is 12.1 Å². The minimum Gasteiger partial charge on any atom is -0.374 e. The van der Waals surface area contributed by atoms with Crippen molar-refractivity contribution in [2.24, 2.45) is 5.92 Å². The van der Waals surface area contributed by atoms with Crippen molar-refractivity contribution in [1.82, 2.24) is 0 Å². The van der Waals surface area contributed by atoms with Gasteiger partial charge in [-0.1, -0.05) is 30.4 Å². The molecule has 21 heavy (non-hydrogen) atoms. The van der Waals surface area contributed by atoms with Crippen LogP contribution in [0.25, 0.3) is 0 Å².